The van der Waals surface area contributed by atoms with E-state index in [4.69, 9.17) is 4.74 Å². The summed E-state index contributed by atoms with van der Waals surface area (Å²) in [6.45, 7) is 2.04. The van der Waals surface area contributed by atoms with Crippen molar-refractivity contribution >= 4 is 23.0 Å². The number of benzene rings is 2. The van der Waals surface area contributed by atoms with Gasteiger partial charge < -0.3 is 15.4 Å². The van der Waals surface area contributed by atoms with E-state index in [1.165, 1.54) is 5.56 Å². The quantitative estimate of drug-likeness (QED) is 0.727. The summed E-state index contributed by atoms with van der Waals surface area (Å²) >= 11 is 0. The summed E-state index contributed by atoms with van der Waals surface area (Å²) in [5, 5.41) is 6.09. The van der Waals surface area contributed by atoms with Gasteiger partial charge in [-0.1, -0.05) is 23.8 Å². The summed E-state index contributed by atoms with van der Waals surface area (Å²) < 4.78 is 5.16. The predicted molar refractivity (Wildman–Crippen MR) is 99.6 cm³/mol. The number of methoxy groups -OCH3 is 1. The van der Waals surface area contributed by atoms with Crippen LogP contribution < -0.4 is 15.4 Å². The Kier molecular flexibility index (Phi) is 4.95. The Morgan fingerprint density at radius 2 is 1.76 bits per heavy atom. The van der Waals surface area contributed by atoms with Gasteiger partial charge in [0.15, 0.2) is 0 Å². The molecule has 0 spiro atoms. The highest BCUT2D eigenvalue weighted by molar-refractivity contribution is 6.03. The molecular weight excluding hydrogens is 314 g/mol. The van der Waals surface area contributed by atoms with Crippen molar-refractivity contribution in [2.75, 3.05) is 17.7 Å². The SMILES string of the molecule is COc1cccc(NC(=O)c2cc(Nc3ccc(C)cc3)ccn2)c1. The summed E-state index contributed by atoms with van der Waals surface area (Å²) in [5.41, 5.74) is 3.94. The third-order valence-electron chi connectivity index (χ3n) is 3.66. The van der Waals surface area contributed by atoms with Gasteiger partial charge in [-0.3, -0.25) is 9.78 Å². The summed E-state index contributed by atoms with van der Waals surface area (Å²) in [6, 6.07) is 18.8. The zero-order valence-corrected chi connectivity index (χ0v) is 14.1. The van der Waals surface area contributed by atoms with Crippen molar-refractivity contribution in [1.29, 1.82) is 0 Å². The lowest BCUT2D eigenvalue weighted by atomic mass is 10.2. The van der Waals surface area contributed by atoms with Crippen LogP contribution in [0.1, 0.15) is 16.1 Å². The largest absolute Gasteiger partial charge is 0.497 e. The van der Waals surface area contributed by atoms with Crippen molar-refractivity contribution in [2.45, 2.75) is 6.92 Å². The number of anilines is 3. The number of carbonyl (C=O) groups excluding carboxylic acids is 1. The van der Waals surface area contributed by atoms with Crippen LogP contribution in [0.5, 0.6) is 5.75 Å². The predicted octanol–water partition coefficient (Wildman–Crippen LogP) is 4.39. The molecule has 0 aliphatic rings. The first kappa shape index (κ1) is 16.5. The van der Waals surface area contributed by atoms with Crippen molar-refractivity contribution in [3.63, 3.8) is 0 Å². The topological polar surface area (TPSA) is 63.2 Å². The van der Waals surface area contributed by atoms with Gasteiger partial charge in [0.1, 0.15) is 11.4 Å². The lowest BCUT2D eigenvalue weighted by Crippen LogP contribution is -2.13. The highest BCUT2D eigenvalue weighted by Gasteiger charge is 2.09. The monoisotopic (exact) mass is 333 g/mol. The van der Waals surface area contributed by atoms with E-state index in [1.54, 1.807) is 31.5 Å². The van der Waals surface area contributed by atoms with Crippen LogP contribution in [-0.4, -0.2) is 18.0 Å². The Morgan fingerprint density at radius 3 is 2.52 bits per heavy atom. The van der Waals surface area contributed by atoms with Crippen molar-refractivity contribution in [3.05, 3.63) is 78.1 Å². The first-order valence-corrected chi connectivity index (χ1v) is 7.89. The van der Waals surface area contributed by atoms with Crippen molar-refractivity contribution in [1.82, 2.24) is 4.98 Å². The van der Waals surface area contributed by atoms with Crippen molar-refractivity contribution < 1.29 is 9.53 Å². The van der Waals surface area contributed by atoms with Crippen LogP contribution in [0.3, 0.4) is 0 Å². The molecule has 5 nitrogen and oxygen atoms in total. The molecule has 126 valence electrons. The molecule has 2 N–H and O–H groups in total. The van der Waals surface area contributed by atoms with Gasteiger partial charge in [-0.15, -0.1) is 0 Å². The van der Waals surface area contributed by atoms with Gasteiger partial charge in [-0.05, 0) is 43.3 Å². The number of amides is 1. The number of rotatable bonds is 5. The Hall–Kier alpha value is -3.34. The smallest absolute Gasteiger partial charge is 0.274 e. The molecule has 1 heterocycles. The number of hydrogen-bond acceptors (Lipinski definition) is 4. The van der Waals surface area contributed by atoms with E-state index in [0.29, 0.717) is 17.1 Å². The number of hydrogen-bond donors (Lipinski definition) is 2. The molecule has 0 aliphatic carbocycles. The zero-order valence-electron chi connectivity index (χ0n) is 14.1. The van der Waals surface area contributed by atoms with Crippen molar-refractivity contribution in [3.8, 4) is 5.75 Å². The standard InChI is InChI=1S/C20H19N3O2/c1-14-6-8-15(9-7-14)22-17-10-11-21-19(13-17)20(24)23-16-4-3-5-18(12-16)25-2/h3-13H,1-2H3,(H,21,22)(H,23,24). The molecule has 0 aliphatic heterocycles. The number of nitrogens with one attached hydrogen (secondary N) is 2. The van der Waals surface area contributed by atoms with Gasteiger partial charge >= 0.3 is 0 Å². The average molecular weight is 333 g/mol. The lowest BCUT2D eigenvalue weighted by molar-refractivity contribution is 0.102. The molecule has 3 aromatic rings. The Balaban J connectivity index is 1.73. The summed E-state index contributed by atoms with van der Waals surface area (Å²) in [7, 11) is 1.59. The first-order chi connectivity index (χ1) is 12.1. The summed E-state index contributed by atoms with van der Waals surface area (Å²) in [5.74, 6) is 0.404. The number of carbonyl (C=O) groups is 1. The number of aryl methyl sites for hydroxylation is 1. The van der Waals surface area contributed by atoms with Gasteiger partial charge in [-0.2, -0.15) is 0 Å². The fourth-order valence-electron chi connectivity index (χ4n) is 2.33. The second-order valence-electron chi connectivity index (χ2n) is 5.61. The Labute approximate surface area is 146 Å². The minimum atomic E-state index is -0.277. The number of nitrogens with zero attached hydrogens (tertiary/aromatic N) is 1. The molecule has 0 saturated heterocycles. The molecule has 1 amide bonds. The third-order valence-corrected chi connectivity index (χ3v) is 3.66. The maximum Gasteiger partial charge on any atom is 0.274 e. The van der Waals surface area contributed by atoms with Crippen molar-refractivity contribution in [2.24, 2.45) is 0 Å². The number of aromatic nitrogens is 1. The van der Waals surface area contributed by atoms with E-state index >= 15 is 0 Å². The maximum absolute atomic E-state index is 12.4. The molecule has 0 unspecified atom stereocenters. The van der Waals surface area contributed by atoms with E-state index < -0.39 is 0 Å². The van der Waals surface area contributed by atoms with Gasteiger partial charge in [-0.25, -0.2) is 0 Å². The minimum absolute atomic E-state index is 0.277. The molecular formula is C20H19N3O2. The van der Waals surface area contributed by atoms with Crippen LogP contribution in [0.2, 0.25) is 0 Å². The van der Waals surface area contributed by atoms with Gasteiger partial charge in [0, 0.05) is 29.3 Å². The van der Waals surface area contributed by atoms with E-state index in [-0.39, 0.29) is 5.91 Å². The number of ether oxygens (including phenoxy) is 1. The summed E-state index contributed by atoms with van der Waals surface area (Å²) in [4.78, 5) is 16.6. The second kappa shape index (κ2) is 7.49. The fourth-order valence-corrected chi connectivity index (χ4v) is 2.33. The highest BCUT2D eigenvalue weighted by Crippen LogP contribution is 2.19. The van der Waals surface area contributed by atoms with E-state index in [1.807, 2.05) is 49.4 Å². The third kappa shape index (κ3) is 4.35. The molecule has 1 aromatic heterocycles. The van der Waals surface area contributed by atoms with Crippen LogP contribution in [0.4, 0.5) is 17.1 Å². The first-order valence-electron chi connectivity index (χ1n) is 7.89. The Bertz CT molecular complexity index is 876. The maximum atomic E-state index is 12.4. The van der Waals surface area contributed by atoms with Crippen LogP contribution in [0.15, 0.2) is 66.9 Å². The molecule has 0 fully saturated rings. The second-order valence-corrected chi connectivity index (χ2v) is 5.61. The lowest BCUT2D eigenvalue weighted by Gasteiger charge is -2.09. The van der Waals surface area contributed by atoms with E-state index in [2.05, 4.69) is 15.6 Å². The molecule has 0 saturated carbocycles. The summed E-state index contributed by atoms with van der Waals surface area (Å²) in [6.07, 6.45) is 1.61. The van der Waals surface area contributed by atoms with E-state index in [0.717, 1.165) is 11.4 Å². The normalized spacial score (nSPS) is 10.2. The van der Waals surface area contributed by atoms with Crippen LogP contribution in [0.25, 0.3) is 0 Å². The van der Waals surface area contributed by atoms with Crippen LogP contribution in [0, 0.1) is 6.92 Å². The fraction of sp³-hybridized carbons (Fsp3) is 0.100. The van der Waals surface area contributed by atoms with Gasteiger partial charge in [0.2, 0.25) is 0 Å². The highest BCUT2D eigenvalue weighted by atomic mass is 16.5. The average Bonchev–Trinajstić information content (AvgIpc) is 2.64. The zero-order chi connectivity index (χ0) is 17.6. The minimum Gasteiger partial charge on any atom is -0.497 e. The molecule has 5 heteroatoms. The van der Waals surface area contributed by atoms with Crippen LogP contribution in [-0.2, 0) is 0 Å². The molecule has 25 heavy (non-hydrogen) atoms. The molecule has 2 aromatic carbocycles. The molecule has 0 radical (unpaired) electrons. The Morgan fingerprint density at radius 1 is 0.960 bits per heavy atom. The molecule has 0 atom stereocenters. The van der Waals surface area contributed by atoms with E-state index in [9.17, 15) is 4.79 Å². The molecule has 3 rings (SSSR count). The number of pyridine rings is 1. The van der Waals surface area contributed by atoms with Gasteiger partial charge in [0.05, 0.1) is 7.11 Å². The molecule has 0 bridgehead atoms. The van der Waals surface area contributed by atoms with Gasteiger partial charge in [0.25, 0.3) is 5.91 Å². The van der Waals surface area contributed by atoms with Crippen LogP contribution >= 0.6 is 0 Å².